The lowest BCUT2D eigenvalue weighted by molar-refractivity contribution is -0.274. The molecular formula is C9H8Cl2F3NO. The molecule has 0 unspecified atom stereocenters. The van der Waals surface area contributed by atoms with Crippen molar-refractivity contribution in [3.8, 4) is 5.75 Å². The Labute approximate surface area is 100 Å². The van der Waals surface area contributed by atoms with Crippen LogP contribution < -0.4 is 10.5 Å². The predicted molar refractivity (Wildman–Crippen MR) is 55.9 cm³/mol. The summed E-state index contributed by atoms with van der Waals surface area (Å²) in [5, 5.41) is 0.217. The van der Waals surface area contributed by atoms with Crippen LogP contribution >= 0.6 is 23.2 Å². The molecule has 0 heterocycles. The summed E-state index contributed by atoms with van der Waals surface area (Å²) < 4.78 is 39.5. The second-order valence-electron chi connectivity index (χ2n) is 2.95. The van der Waals surface area contributed by atoms with Gasteiger partial charge in [-0.2, -0.15) is 0 Å². The van der Waals surface area contributed by atoms with E-state index in [1.54, 1.807) is 0 Å². The number of ether oxygens (including phenoxy) is 1. The molecule has 1 aromatic carbocycles. The molecule has 0 amide bonds. The van der Waals surface area contributed by atoms with Crippen LogP contribution in [0.15, 0.2) is 12.1 Å². The zero-order valence-electron chi connectivity index (χ0n) is 7.94. The van der Waals surface area contributed by atoms with Crippen LogP contribution in [0.25, 0.3) is 0 Å². The molecule has 0 bridgehead atoms. The van der Waals surface area contributed by atoms with E-state index in [-0.39, 0.29) is 10.0 Å². The van der Waals surface area contributed by atoms with Crippen molar-refractivity contribution in [1.29, 1.82) is 0 Å². The molecule has 2 nitrogen and oxygen atoms in total. The lowest BCUT2D eigenvalue weighted by Crippen LogP contribution is -2.17. The Morgan fingerprint density at radius 2 is 1.69 bits per heavy atom. The molecule has 1 rings (SSSR count). The first-order chi connectivity index (χ1) is 7.33. The topological polar surface area (TPSA) is 35.2 Å². The Hall–Kier alpha value is -0.650. The average molecular weight is 274 g/mol. The van der Waals surface area contributed by atoms with Crippen LogP contribution in [0.1, 0.15) is 5.56 Å². The van der Waals surface area contributed by atoms with Crippen molar-refractivity contribution >= 4 is 23.2 Å². The van der Waals surface area contributed by atoms with Crippen molar-refractivity contribution in [2.45, 2.75) is 12.8 Å². The van der Waals surface area contributed by atoms with Crippen LogP contribution in [0, 0.1) is 0 Å². The third-order valence-electron chi connectivity index (χ3n) is 1.74. The highest BCUT2D eigenvalue weighted by Gasteiger charge is 2.31. The number of hydrogen-bond acceptors (Lipinski definition) is 2. The average Bonchev–Trinajstić information content (AvgIpc) is 2.08. The first-order valence-electron chi connectivity index (χ1n) is 4.27. The van der Waals surface area contributed by atoms with E-state index in [0.29, 0.717) is 18.5 Å². The van der Waals surface area contributed by atoms with Gasteiger partial charge in [0.1, 0.15) is 5.75 Å². The SMILES string of the molecule is NCCc1c(Cl)cc(OC(F)(F)F)cc1Cl. The van der Waals surface area contributed by atoms with Crippen molar-refractivity contribution in [3.05, 3.63) is 27.7 Å². The van der Waals surface area contributed by atoms with Gasteiger partial charge in [0.15, 0.2) is 0 Å². The third kappa shape index (κ3) is 3.73. The minimum Gasteiger partial charge on any atom is -0.406 e. The molecule has 0 aliphatic rings. The maximum absolute atomic E-state index is 11.9. The summed E-state index contributed by atoms with van der Waals surface area (Å²) in [7, 11) is 0. The van der Waals surface area contributed by atoms with Gasteiger partial charge in [-0.15, -0.1) is 13.2 Å². The fourth-order valence-electron chi connectivity index (χ4n) is 1.16. The smallest absolute Gasteiger partial charge is 0.406 e. The fourth-order valence-corrected chi connectivity index (χ4v) is 1.81. The highest BCUT2D eigenvalue weighted by Crippen LogP contribution is 2.33. The quantitative estimate of drug-likeness (QED) is 0.916. The highest BCUT2D eigenvalue weighted by molar-refractivity contribution is 6.36. The standard InChI is InChI=1S/C9H8Cl2F3NO/c10-7-3-5(16-9(12,13)14)4-8(11)6(7)1-2-15/h3-4H,1-2,15H2. The third-order valence-corrected chi connectivity index (χ3v) is 2.42. The number of rotatable bonds is 3. The minimum atomic E-state index is -4.76. The lowest BCUT2D eigenvalue weighted by Gasteiger charge is -2.12. The van der Waals surface area contributed by atoms with Gasteiger partial charge in [-0.25, -0.2) is 0 Å². The van der Waals surface area contributed by atoms with E-state index in [4.69, 9.17) is 28.9 Å². The number of benzene rings is 1. The van der Waals surface area contributed by atoms with Gasteiger partial charge >= 0.3 is 6.36 Å². The number of hydrogen-bond donors (Lipinski definition) is 1. The van der Waals surface area contributed by atoms with Crippen LogP contribution in [-0.2, 0) is 6.42 Å². The van der Waals surface area contributed by atoms with Gasteiger partial charge in [0.05, 0.1) is 0 Å². The summed E-state index contributed by atoms with van der Waals surface area (Å²) in [6.45, 7) is 0.304. The van der Waals surface area contributed by atoms with Gasteiger partial charge in [0.25, 0.3) is 0 Å². The zero-order valence-corrected chi connectivity index (χ0v) is 9.46. The maximum Gasteiger partial charge on any atom is 0.573 e. The van der Waals surface area contributed by atoms with Gasteiger partial charge in [-0.05, 0) is 30.7 Å². The lowest BCUT2D eigenvalue weighted by atomic mass is 10.1. The van der Waals surface area contributed by atoms with Gasteiger partial charge in [-0.1, -0.05) is 23.2 Å². The zero-order chi connectivity index (χ0) is 12.3. The van der Waals surface area contributed by atoms with E-state index in [2.05, 4.69) is 4.74 Å². The maximum atomic E-state index is 11.9. The summed E-state index contributed by atoms with van der Waals surface area (Å²) in [6, 6.07) is 2.12. The van der Waals surface area contributed by atoms with E-state index in [9.17, 15) is 13.2 Å². The Kier molecular flexibility index (Phi) is 4.29. The van der Waals surface area contributed by atoms with E-state index < -0.39 is 12.1 Å². The number of halogens is 5. The molecule has 2 N–H and O–H groups in total. The summed E-state index contributed by atoms with van der Waals surface area (Å²) in [6.07, 6.45) is -4.37. The molecule has 0 radical (unpaired) electrons. The molecule has 0 spiro atoms. The van der Waals surface area contributed by atoms with Gasteiger partial charge in [0.2, 0.25) is 0 Å². The summed E-state index contributed by atoms with van der Waals surface area (Å²) in [4.78, 5) is 0. The summed E-state index contributed by atoms with van der Waals surface area (Å²) in [5.41, 5.74) is 5.82. The van der Waals surface area contributed by atoms with Crippen molar-refractivity contribution in [3.63, 3.8) is 0 Å². The van der Waals surface area contributed by atoms with E-state index >= 15 is 0 Å². The molecule has 0 fully saturated rings. The summed E-state index contributed by atoms with van der Waals surface area (Å²) in [5.74, 6) is -0.441. The van der Waals surface area contributed by atoms with Crippen molar-refractivity contribution in [2.75, 3.05) is 6.54 Å². The molecule has 90 valence electrons. The van der Waals surface area contributed by atoms with Crippen molar-refractivity contribution in [1.82, 2.24) is 0 Å². The van der Waals surface area contributed by atoms with Gasteiger partial charge < -0.3 is 10.5 Å². The molecule has 0 saturated carbocycles. The first-order valence-corrected chi connectivity index (χ1v) is 5.03. The number of alkyl halides is 3. The molecule has 16 heavy (non-hydrogen) atoms. The van der Waals surface area contributed by atoms with Crippen LogP contribution in [0.2, 0.25) is 10.0 Å². The van der Waals surface area contributed by atoms with Crippen LogP contribution in [-0.4, -0.2) is 12.9 Å². The largest absolute Gasteiger partial charge is 0.573 e. The molecule has 0 aromatic heterocycles. The monoisotopic (exact) mass is 273 g/mol. The Balaban J connectivity index is 3.00. The molecule has 7 heteroatoms. The van der Waals surface area contributed by atoms with Crippen LogP contribution in [0.3, 0.4) is 0 Å². The van der Waals surface area contributed by atoms with Gasteiger partial charge in [-0.3, -0.25) is 0 Å². The number of nitrogens with two attached hydrogens (primary N) is 1. The Morgan fingerprint density at radius 3 is 2.06 bits per heavy atom. The second kappa shape index (κ2) is 5.12. The van der Waals surface area contributed by atoms with Crippen molar-refractivity contribution in [2.24, 2.45) is 5.73 Å². The van der Waals surface area contributed by atoms with Gasteiger partial charge in [0, 0.05) is 10.0 Å². The second-order valence-corrected chi connectivity index (χ2v) is 3.77. The predicted octanol–water partition coefficient (Wildman–Crippen LogP) is 3.39. The molecule has 0 aliphatic heterocycles. The Morgan fingerprint density at radius 1 is 1.19 bits per heavy atom. The minimum absolute atomic E-state index is 0.109. The first kappa shape index (κ1) is 13.4. The molecular weight excluding hydrogens is 266 g/mol. The summed E-state index contributed by atoms with van der Waals surface area (Å²) >= 11 is 11.5. The van der Waals surface area contributed by atoms with Crippen LogP contribution in [0.5, 0.6) is 5.75 Å². The molecule has 0 saturated heterocycles. The normalized spacial score (nSPS) is 11.6. The fraction of sp³-hybridized carbons (Fsp3) is 0.333. The van der Waals surface area contributed by atoms with E-state index in [1.807, 2.05) is 0 Å². The Bertz CT molecular complexity index is 359. The van der Waals surface area contributed by atoms with E-state index in [0.717, 1.165) is 12.1 Å². The van der Waals surface area contributed by atoms with Crippen LogP contribution in [0.4, 0.5) is 13.2 Å². The molecule has 1 aromatic rings. The molecule has 0 aliphatic carbocycles. The highest BCUT2D eigenvalue weighted by atomic mass is 35.5. The van der Waals surface area contributed by atoms with E-state index in [1.165, 1.54) is 0 Å². The van der Waals surface area contributed by atoms with Crippen molar-refractivity contribution < 1.29 is 17.9 Å². The molecule has 0 atom stereocenters.